The maximum Gasteiger partial charge on any atom is 0.311 e. The van der Waals surface area contributed by atoms with E-state index in [2.05, 4.69) is 19.9 Å². The molecule has 0 aliphatic carbocycles. The quantitative estimate of drug-likeness (QED) is 0.536. The number of hydrogen-bond acceptors (Lipinski definition) is 7. The smallest absolute Gasteiger partial charge is 0.311 e. The number of nitrogens with zero attached hydrogens (tertiary/aromatic N) is 4. The number of aromatic nitrogens is 2. The predicted molar refractivity (Wildman–Crippen MR) is 91.7 cm³/mol. The fraction of sp³-hybridized carbons (Fsp3) is 0.118. The van der Waals surface area contributed by atoms with E-state index in [1.54, 1.807) is 24.4 Å². The zero-order chi connectivity index (χ0) is 18.7. The van der Waals surface area contributed by atoms with Crippen LogP contribution in [-0.2, 0) is 16.0 Å². The van der Waals surface area contributed by atoms with Crippen molar-refractivity contribution in [2.45, 2.75) is 6.42 Å². The summed E-state index contributed by atoms with van der Waals surface area (Å²) in [6, 6.07) is 9.34. The molecular formula is C17H15N5O4. The van der Waals surface area contributed by atoms with Crippen LogP contribution < -0.4 is 5.73 Å². The number of primary amides is 1. The molecular weight excluding hydrogens is 338 g/mol. The number of azo groups is 1. The molecule has 0 saturated carbocycles. The van der Waals surface area contributed by atoms with Crippen LogP contribution in [0.4, 0.5) is 11.5 Å². The van der Waals surface area contributed by atoms with Gasteiger partial charge in [-0.1, -0.05) is 0 Å². The number of ether oxygens (including phenoxy) is 1. The molecule has 0 aliphatic rings. The molecule has 3 rings (SSSR count). The summed E-state index contributed by atoms with van der Waals surface area (Å²) in [6.45, 7) is 0. The molecule has 9 nitrogen and oxygen atoms in total. The molecule has 26 heavy (non-hydrogen) atoms. The first-order valence-corrected chi connectivity index (χ1v) is 7.57. The summed E-state index contributed by atoms with van der Waals surface area (Å²) in [5.41, 5.74) is 6.61. The summed E-state index contributed by atoms with van der Waals surface area (Å²) in [6.07, 6.45) is 1.53. The van der Waals surface area contributed by atoms with Gasteiger partial charge in [0, 0.05) is 11.8 Å². The molecule has 3 N–H and O–H groups in total. The van der Waals surface area contributed by atoms with E-state index in [1.165, 1.54) is 29.7 Å². The fourth-order valence-corrected chi connectivity index (χ4v) is 2.32. The molecule has 132 valence electrons. The van der Waals surface area contributed by atoms with E-state index in [1.807, 2.05) is 0 Å². The Morgan fingerprint density at radius 2 is 1.96 bits per heavy atom. The third-order valence-corrected chi connectivity index (χ3v) is 3.63. The lowest BCUT2D eigenvalue weighted by Crippen LogP contribution is -2.10. The number of carbonyl (C=O) groups is 2. The monoisotopic (exact) mass is 353 g/mol. The normalized spacial score (nSPS) is 11.1. The Balaban J connectivity index is 2.01. The van der Waals surface area contributed by atoms with Crippen LogP contribution in [0, 0.1) is 0 Å². The van der Waals surface area contributed by atoms with Crippen molar-refractivity contribution in [3.63, 3.8) is 0 Å². The topological polar surface area (TPSA) is 132 Å². The molecule has 2 heterocycles. The standard InChI is InChI=1S/C17H15N5O4/c1-26-14(24)9-12-16(22-8-2-3-13(23)17(22)19-12)21-20-11-6-4-10(5-7-11)15(18)25/h2-8,23H,9H2,1H3,(H2,18,25). The molecule has 0 radical (unpaired) electrons. The Kier molecular flexibility index (Phi) is 4.61. The number of imidazole rings is 1. The van der Waals surface area contributed by atoms with E-state index in [-0.39, 0.29) is 17.8 Å². The molecule has 0 unspecified atom stereocenters. The number of methoxy groups -OCH3 is 1. The van der Waals surface area contributed by atoms with Gasteiger partial charge < -0.3 is 15.6 Å². The third kappa shape index (κ3) is 3.36. The van der Waals surface area contributed by atoms with Gasteiger partial charge in [-0.2, -0.15) is 0 Å². The van der Waals surface area contributed by atoms with Crippen LogP contribution in [0.3, 0.4) is 0 Å². The number of amides is 1. The van der Waals surface area contributed by atoms with Crippen LogP contribution in [0.15, 0.2) is 52.8 Å². The average molecular weight is 353 g/mol. The number of benzene rings is 1. The van der Waals surface area contributed by atoms with Crippen molar-refractivity contribution in [3.05, 3.63) is 53.9 Å². The molecule has 0 saturated heterocycles. The zero-order valence-electron chi connectivity index (χ0n) is 13.8. The predicted octanol–water partition coefficient (Wildman–Crippen LogP) is 2.27. The largest absolute Gasteiger partial charge is 0.504 e. The minimum Gasteiger partial charge on any atom is -0.504 e. The number of nitrogens with two attached hydrogens (primary N) is 1. The summed E-state index contributed by atoms with van der Waals surface area (Å²) in [7, 11) is 1.27. The second-order valence-corrected chi connectivity index (χ2v) is 5.33. The van der Waals surface area contributed by atoms with Crippen molar-refractivity contribution in [1.82, 2.24) is 9.38 Å². The lowest BCUT2D eigenvalue weighted by Gasteiger charge is -2.00. The molecule has 2 aromatic heterocycles. The SMILES string of the molecule is COC(=O)Cc1nc2c(O)cccn2c1N=Nc1ccc(C(N)=O)cc1. The number of rotatable bonds is 5. The maximum atomic E-state index is 11.6. The highest BCUT2D eigenvalue weighted by Gasteiger charge is 2.17. The van der Waals surface area contributed by atoms with E-state index >= 15 is 0 Å². The van der Waals surface area contributed by atoms with Gasteiger partial charge in [0.2, 0.25) is 5.91 Å². The molecule has 0 aliphatic heterocycles. The molecule has 1 aromatic carbocycles. The van der Waals surface area contributed by atoms with Gasteiger partial charge in [0.15, 0.2) is 17.2 Å². The summed E-state index contributed by atoms with van der Waals surface area (Å²) < 4.78 is 6.19. The van der Waals surface area contributed by atoms with Crippen molar-refractivity contribution in [2.75, 3.05) is 7.11 Å². The van der Waals surface area contributed by atoms with Crippen LogP contribution >= 0.6 is 0 Å². The Morgan fingerprint density at radius 3 is 2.62 bits per heavy atom. The van der Waals surface area contributed by atoms with Gasteiger partial charge in [0.05, 0.1) is 24.9 Å². The highest BCUT2D eigenvalue weighted by Crippen LogP contribution is 2.28. The van der Waals surface area contributed by atoms with E-state index in [4.69, 9.17) is 5.73 Å². The van der Waals surface area contributed by atoms with Gasteiger partial charge in [-0.3, -0.25) is 14.0 Å². The van der Waals surface area contributed by atoms with E-state index in [0.717, 1.165) is 0 Å². The highest BCUT2D eigenvalue weighted by atomic mass is 16.5. The Labute approximate surface area is 147 Å². The number of pyridine rings is 1. The van der Waals surface area contributed by atoms with E-state index in [9.17, 15) is 14.7 Å². The van der Waals surface area contributed by atoms with Gasteiger partial charge in [-0.25, -0.2) is 4.98 Å². The minimum atomic E-state index is -0.536. The van der Waals surface area contributed by atoms with Crippen molar-refractivity contribution in [3.8, 4) is 5.75 Å². The fourth-order valence-electron chi connectivity index (χ4n) is 2.32. The van der Waals surface area contributed by atoms with Crippen LogP contribution in [0.1, 0.15) is 16.1 Å². The number of fused-ring (bicyclic) bond motifs is 1. The first-order valence-electron chi connectivity index (χ1n) is 7.57. The van der Waals surface area contributed by atoms with Gasteiger partial charge >= 0.3 is 5.97 Å². The molecule has 0 bridgehead atoms. The molecule has 0 atom stereocenters. The van der Waals surface area contributed by atoms with Crippen LogP contribution in [0.25, 0.3) is 5.65 Å². The zero-order valence-corrected chi connectivity index (χ0v) is 13.8. The Bertz CT molecular complexity index is 1010. The molecule has 1 amide bonds. The minimum absolute atomic E-state index is 0.0501. The number of aromatic hydroxyl groups is 1. The second-order valence-electron chi connectivity index (χ2n) is 5.33. The lowest BCUT2D eigenvalue weighted by atomic mass is 10.2. The molecule has 3 aromatic rings. The maximum absolute atomic E-state index is 11.6. The molecule has 0 fully saturated rings. The summed E-state index contributed by atoms with van der Waals surface area (Å²) >= 11 is 0. The summed E-state index contributed by atoms with van der Waals surface area (Å²) in [5, 5.41) is 18.2. The average Bonchev–Trinajstić information content (AvgIpc) is 2.98. The third-order valence-electron chi connectivity index (χ3n) is 3.63. The second kappa shape index (κ2) is 7.01. The Hall–Kier alpha value is -3.75. The number of hydrogen-bond donors (Lipinski definition) is 2. The first-order chi connectivity index (χ1) is 12.5. The number of esters is 1. The number of carbonyl (C=O) groups excluding carboxylic acids is 2. The van der Waals surface area contributed by atoms with Crippen LogP contribution in [-0.4, -0.2) is 33.5 Å². The van der Waals surface area contributed by atoms with Crippen molar-refractivity contribution in [1.29, 1.82) is 0 Å². The first kappa shape index (κ1) is 17.1. The van der Waals surface area contributed by atoms with E-state index < -0.39 is 11.9 Å². The van der Waals surface area contributed by atoms with E-state index in [0.29, 0.717) is 22.8 Å². The Morgan fingerprint density at radius 1 is 1.23 bits per heavy atom. The highest BCUT2D eigenvalue weighted by molar-refractivity contribution is 5.93. The summed E-state index contributed by atoms with van der Waals surface area (Å²) in [4.78, 5) is 27.0. The van der Waals surface area contributed by atoms with Crippen molar-refractivity contribution >= 4 is 29.0 Å². The van der Waals surface area contributed by atoms with Gasteiger partial charge in [-0.05, 0) is 36.4 Å². The van der Waals surface area contributed by atoms with Crippen LogP contribution in [0.5, 0.6) is 5.75 Å². The van der Waals surface area contributed by atoms with Gasteiger partial charge in [-0.15, -0.1) is 10.2 Å². The van der Waals surface area contributed by atoms with Crippen LogP contribution in [0.2, 0.25) is 0 Å². The van der Waals surface area contributed by atoms with Crippen molar-refractivity contribution in [2.24, 2.45) is 16.0 Å². The summed E-state index contributed by atoms with van der Waals surface area (Å²) in [5.74, 6) is -0.785. The van der Waals surface area contributed by atoms with Crippen molar-refractivity contribution < 1.29 is 19.4 Å². The molecule has 9 heteroatoms. The molecule has 0 spiro atoms. The van der Waals surface area contributed by atoms with Gasteiger partial charge in [0.25, 0.3) is 0 Å². The lowest BCUT2D eigenvalue weighted by molar-refractivity contribution is -0.139. The van der Waals surface area contributed by atoms with Gasteiger partial charge in [0.1, 0.15) is 0 Å².